The lowest BCUT2D eigenvalue weighted by Crippen LogP contribution is -2.06. The van der Waals surface area contributed by atoms with E-state index in [4.69, 9.17) is 4.74 Å². The molecule has 0 heterocycles. The monoisotopic (exact) mass is 318 g/mol. The minimum absolute atomic E-state index is 0.114. The fourth-order valence-corrected chi connectivity index (χ4v) is 2.35. The average molecular weight is 318 g/mol. The van der Waals surface area contributed by atoms with Crippen molar-refractivity contribution in [3.8, 4) is 0 Å². The minimum atomic E-state index is -0.114. The zero-order valence-electron chi connectivity index (χ0n) is 9.05. The second-order valence-electron chi connectivity index (χ2n) is 3.34. The lowest BCUT2D eigenvalue weighted by Gasteiger charge is -2.07. The third-order valence-electron chi connectivity index (χ3n) is 2.24. The molecule has 2 nitrogen and oxygen atoms in total. The van der Waals surface area contributed by atoms with Gasteiger partial charge in [0.05, 0.1) is 6.61 Å². The van der Waals surface area contributed by atoms with Crippen LogP contribution in [0.15, 0.2) is 18.2 Å². The molecule has 0 bridgehead atoms. The van der Waals surface area contributed by atoms with Crippen molar-refractivity contribution in [2.24, 2.45) is 0 Å². The number of halogens is 1. The lowest BCUT2D eigenvalue weighted by atomic mass is 10.0. The van der Waals surface area contributed by atoms with Crippen molar-refractivity contribution < 1.29 is 9.53 Å². The second kappa shape index (κ2) is 6.10. The molecule has 0 unspecified atom stereocenters. The van der Waals surface area contributed by atoms with Gasteiger partial charge in [-0.1, -0.05) is 12.1 Å². The summed E-state index contributed by atoms with van der Waals surface area (Å²) in [6.45, 7) is 4.36. The number of hydrogen-bond donors (Lipinski definition) is 0. The van der Waals surface area contributed by atoms with E-state index >= 15 is 0 Å². The number of rotatable bonds is 4. The molecular weight excluding hydrogens is 303 g/mol. The highest BCUT2D eigenvalue weighted by atomic mass is 127. The third kappa shape index (κ3) is 3.81. The van der Waals surface area contributed by atoms with E-state index in [2.05, 4.69) is 41.6 Å². The zero-order valence-corrected chi connectivity index (χ0v) is 11.2. The molecule has 0 radical (unpaired) electrons. The van der Waals surface area contributed by atoms with E-state index in [0.717, 1.165) is 6.42 Å². The van der Waals surface area contributed by atoms with E-state index in [0.29, 0.717) is 13.0 Å². The van der Waals surface area contributed by atoms with Gasteiger partial charge in [-0.05, 0) is 60.1 Å². The normalized spacial score (nSPS) is 10.1. The number of esters is 1. The summed E-state index contributed by atoms with van der Waals surface area (Å²) in [4.78, 5) is 11.2. The van der Waals surface area contributed by atoms with Gasteiger partial charge in [0.25, 0.3) is 0 Å². The maximum Gasteiger partial charge on any atom is 0.306 e. The summed E-state index contributed by atoms with van der Waals surface area (Å²) in [5.41, 5.74) is 2.50. The Morgan fingerprint density at radius 2 is 2.20 bits per heavy atom. The molecule has 0 aliphatic carbocycles. The van der Waals surface area contributed by atoms with Crippen LogP contribution in [-0.4, -0.2) is 12.6 Å². The SMILES string of the molecule is CCOC(=O)CCc1c(C)cccc1I. The Kier molecular flexibility index (Phi) is 5.08. The molecule has 3 heteroatoms. The summed E-state index contributed by atoms with van der Waals surface area (Å²) in [5.74, 6) is -0.114. The maximum absolute atomic E-state index is 11.2. The van der Waals surface area contributed by atoms with Gasteiger partial charge in [-0.3, -0.25) is 4.79 Å². The molecule has 0 N–H and O–H groups in total. The van der Waals surface area contributed by atoms with Gasteiger partial charge in [-0.25, -0.2) is 0 Å². The molecule has 1 aromatic carbocycles. The van der Waals surface area contributed by atoms with E-state index in [1.807, 2.05) is 13.0 Å². The highest BCUT2D eigenvalue weighted by molar-refractivity contribution is 14.1. The first kappa shape index (κ1) is 12.5. The van der Waals surface area contributed by atoms with Crippen LogP contribution in [0.4, 0.5) is 0 Å². The second-order valence-corrected chi connectivity index (χ2v) is 4.50. The first-order chi connectivity index (χ1) is 7.15. The average Bonchev–Trinajstić information content (AvgIpc) is 2.17. The Hall–Kier alpha value is -0.580. The summed E-state index contributed by atoms with van der Waals surface area (Å²) in [7, 11) is 0. The van der Waals surface area contributed by atoms with Crippen molar-refractivity contribution in [2.45, 2.75) is 26.7 Å². The highest BCUT2D eigenvalue weighted by Gasteiger charge is 2.07. The Balaban J connectivity index is 2.61. The van der Waals surface area contributed by atoms with Crippen molar-refractivity contribution in [1.82, 2.24) is 0 Å². The molecule has 0 saturated heterocycles. The number of carbonyl (C=O) groups is 1. The predicted molar refractivity (Wildman–Crippen MR) is 68.9 cm³/mol. The van der Waals surface area contributed by atoms with Gasteiger partial charge in [0.15, 0.2) is 0 Å². The van der Waals surface area contributed by atoms with Gasteiger partial charge < -0.3 is 4.74 Å². The molecule has 82 valence electrons. The van der Waals surface area contributed by atoms with Crippen LogP contribution in [0, 0.1) is 10.5 Å². The summed E-state index contributed by atoms with van der Waals surface area (Å²) < 4.78 is 6.12. The van der Waals surface area contributed by atoms with E-state index in [1.165, 1.54) is 14.7 Å². The number of aryl methyl sites for hydroxylation is 1. The minimum Gasteiger partial charge on any atom is -0.466 e. The van der Waals surface area contributed by atoms with Crippen LogP contribution in [-0.2, 0) is 16.0 Å². The molecule has 1 aromatic rings. The van der Waals surface area contributed by atoms with Crippen molar-refractivity contribution in [2.75, 3.05) is 6.61 Å². The van der Waals surface area contributed by atoms with Gasteiger partial charge in [-0.15, -0.1) is 0 Å². The van der Waals surface area contributed by atoms with Crippen LogP contribution >= 0.6 is 22.6 Å². The molecule has 0 aliphatic rings. The van der Waals surface area contributed by atoms with E-state index < -0.39 is 0 Å². The Morgan fingerprint density at radius 1 is 1.47 bits per heavy atom. The Labute approximate surface area is 104 Å². The fraction of sp³-hybridized carbons (Fsp3) is 0.417. The van der Waals surface area contributed by atoms with Gasteiger partial charge in [0, 0.05) is 9.99 Å². The fourth-order valence-electron chi connectivity index (χ4n) is 1.44. The molecule has 0 spiro atoms. The van der Waals surface area contributed by atoms with Gasteiger partial charge in [0.2, 0.25) is 0 Å². The van der Waals surface area contributed by atoms with Gasteiger partial charge >= 0.3 is 5.97 Å². The summed E-state index contributed by atoms with van der Waals surface area (Å²) in [5, 5.41) is 0. The number of carbonyl (C=O) groups excluding carboxylic acids is 1. The van der Waals surface area contributed by atoms with Crippen LogP contribution in [0.25, 0.3) is 0 Å². The lowest BCUT2D eigenvalue weighted by molar-refractivity contribution is -0.143. The van der Waals surface area contributed by atoms with Crippen LogP contribution in [0.2, 0.25) is 0 Å². The van der Waals surface area contributed by atoms with Crippen LogP contribution < -0.4 is 0 Å². The van der Waals surface area contributed by atoms with Crippen molar-refractivity contribution in [1.29, 1.82) is 0 Å². The highest BCUT2D eigenvalue weighted by Crippen LogP contribution is 2.18. The quantitative estimate of drug-likeness (QED) is 0.630. The molecule has 1 rings (SSSR count). The molecular formula is C12H15IO2. The van der Waals surface area contributed by atoms with Crippen LogP contribution in [0.5, 0.6) is 0 Å². The van der Waals surface area contributed by atoms with Crippen molar-refractivity contribution in [3.05, 3.63) is 32.9 Å². The van der Waals surface area contributed by atoms with Gasteiger partial charge in [-0.2, -0.15) is 0 Å². The standard InChI is InChI=1S/C12H15IO2/c1-3-15-12(14)8-7-10-9(2)5-4-6-11(10)13/h4-6H,3,7-8H2,1-2H3. The van der Waals surface area contributed by atoms with E-state index in [9.17, 15) is 4.79 Å². The molecule has 0 aromatic heterocycles. The number of ether oxygens (including phenoxy) is 1. The van der Waals surface area contributed by atoms with Crippen molar-refractivity contribution >= 4 is 28.6 Å². The van der Waals surface area contributed by atoms with Crippen LogP contribution in [0.1, 0.15) is 24.5 Å². The van der Waals surface area contributed by atoms with E-state index in [1.54, 1.807) is 0 Å². The maximum atomic E-state index is 11.2. The largest absolute Gasteiger partial charge is 0.466 e. The first-order valence-corrected chi connectivity index (χ1v) is 6.12. The topological polar surface area (TPSA) is 26.3 Å². The Bertz CT molecular complexity index is 327. The van der Waals surface area contributed by atoms with E-state index in [-0.39, 0.29) is 5.97 Å². The summed E-state index contributed by atoms with van der Waals surface area (Å²) in [6.07, 6.45) is 1.23. The molecule has 0 saturated carbocycles. The van der Waals surface area contributed by atoms with Gasteiger partial charge in [0.1, 0.15) is 0 Å². The first-order valence-electron chi connectivity index (χ1n) is 5.04. The molecule has 15 heavy (non-hydrogen) atoms. The molecule has 0 fully saturated rings. The Morgan fingerprint density at radius 3 is 2.80 bits per heavy atom. The molecule has 0 amide bonds. The number of hydrogen-bond acceptors (Lipinski definition) is 2. The summed E-state index contributed by atoms with van der Waals surface area (Å²) in [6, 6.07) is 6.17. The zero-order chi connectivity index (χ0) is 11.3. The number of benzene rings is 1. The molecule has 0 atom stereocenters. The smallest absolute Gasteiger partial charge is 0.306 e. The summed E-state index contributed by atoms with van der Waals surface area (Å²) >= 11 is 2.30. The predicted octanol–water partition coefficient (Wildman–Crippen LogP) is 3.10. The van der Waals surface area contributed by atoms with Crippen molar-refractivity contribution in [3.63, 3.8) is 0 Å². The molecule has 0 aliphatic heterocycles. The van der Waals surface area contributed by atoms with Crippen LogP contribution in [0.3, 0.4) is 0 Å². The third-order valence-corrected chi connectivity index (χ3v) is 3.25.